The van der Waals surface area contributed by atoms with Crippen LogP contribution in [0.3, 0.4) is 0 Å². The molecule has 3 aromatic rings. The summed E-state index contributed by atoms with van der Waals surface area (Å²) < 4.78 is 18.3. The number of nitrogens with two attached hydrogens (primary N) is 1. The van der Waals surface area contributed by atoms with E-state index in [0.717, 1.165) is 12.0 Å². The average molecular weight is 550 g/mol. The summed E-state index contributed by atoms with van der Waals surface area (Å²) in [5.74, 6) is -0.0612. The number of alkyl halides is 1. The van der Waals surface area contributed by atoms with Crippen LogP contribution in [0.5, 0.6) is 11.5 Å². The highest BCUT2D eigenvalue weighted by molar-refractivity contribution is 9.09. The molecule has 0 aliphatic carbocycles. The van der Waals surface area contributed by atoms with Crippen molar-refractivity contribution >= 4 is 44.9 Å². The van der Waals surface area contributed by atoms with Crippen molar-refractivity contribution in [2.24, 2.45) is 0 Å². The summed E-state index contributed by atoms with van der Waals surface area (Å²) in [4.78, 5) is 37.4. The molecule has 0 radical (unpaired) electrons. The Morgan fingerprint density at radius 2 is 1.97 bits per heavy atom. The van der Waals surface area contributed by atoms with E-state index in [1.807, 2.05) is 0 Å². The van der Waals surface area contributed by atoms with Gasteiger partial charge in [-0.25, -0.2) is 15.0 Å². The van der Waals surface area contributed by atoms with Crippen molar-refractivity contribution in [2.45, 2.75) is 44.8 Å². The summed E-state index contributed by atoms with van der Waals surface area (Å²) >= 11 is 3.40. The summed E-state index contributed by atoms with van der Waals surface area (Å²) in [6, 6.07) is 5.33. The van der Waals surface area contributed by atoms with Gasteiger partial charge in [0.1, 0.15) is 30.1 Å². The van der Waals surface area contributed by atoms with Gasteiger partial charge in [0.05, 0.1) is 14.2 Å². The first-order valence-electron chi connectivity index (χ1n) is 10.9. The first-order valence-corrected chi connectivity index (χ1v) is 12.0. The lowest BCUT2D eigenvalue weighted by molar-refractivity contribution is -0.177. The highest BCUT2D eigenvalue weighted by Gasteiger charge is 2.42. The molecule has 0 aliphatic heterocycles. The normalized spacial score (nSPS) is 12.8. The Labute approximate surface area is 210 Å². The molecule has 2 aromatic heterocycles. The van der Waals surface area contributed by atoms with Gasteiger partial charge < -0.3 is 25.1 Å². The monoisotopic (exact) mass is 549 g/mol. The van der Waals surface area contributed by atoms with Gasteiger partial charge in [0.15, 0.2) is 17.0 Å². The molecule has 0 bridgehead atoms. The number of carboxylic acid groups (broad SMARTS) is 1. The minimum atomic E-state index is -1.59. The van der Waals surface area contributed by atoms with E-state index in [0.29, 0.717) is 29.1 Å². The summed E-state index contributed by atoms with van der Waals surface area (Å²) in [6.45, 7) is 1.24. The number of carbonyl (C=O) groups excluding carboxylic acids is 1. The number of carboxylic acids is 1. The molecule has 3 N–H and O–H groups in total. The number of benzene rings is 1. The largest absolute Gasteiger partial charge is 0.497 e. The molecular weight excluding hydrogens is 522 g/mol. The summed E-state index contributed by atoms with van der Waals surface area (Å²) in [6.07, 6.45) is 2.51. The number of nitrogens with zero attached hydrogens (tertiary/aromatic N) is 4. The molecular formula is C23H28BrN5O6. The molecule has 0 saturated carbocycles. The van der Waals surface area contributed by atoms with Crippen molar-refractivity contribution < 1.29 is 28.9 Å². The molecule has 35 heavy (non-hydrogen) atoms. The van der Waals surface area contributed by atoms with Gasteiger partial charge in [-0.1, -0.05) is 15.9 Å². The Balaban J connectivity index is 2.30. The molecule has 0 aliphatic rings. The van der Waals surface area contributed by atoms with Crippen LogP contribution in [0.25, 0.3) is 11.2 Å². The van der Waals surface area contributed by atoms with E-state index in [-0.39, 0.29) is 29.8 Å². The first-order chi connectivity index (χ1) is 16.7. The van der Waals surface area contributed by atoms with Gasteiger partial charge in [-0.05, 0) is 31.0 Å². The zero-order valence-corrected chi connectivity index (χ0v) is 21.4. The van der Waals surface area contributed by atoms with Crippen molar-refractivity contribution in [3.05, 3.63) is 35.9 Å². The van der Waals surface area contributed by atoms with Crippen molar-refractivity contribution in [3.8, 4) is 11.5 Å². The predicted molar refractivity (Wildman–Crippen MR) is 132 cm³/mol. The number of halogens is 1. The minimum Gasteiger partial charge on any atom is -0.497 e. The second-order valence-electron chi connectivity index (χ2n) is 7.91. The number of anilines is 1. The van der Waals surface area contributed by atoms with E-state index in [2.05, 4.69) is 30.9 Å². The van der Waals surface area contributed by atoms with Crippen LogP contribution in [-0.2, 0) is 26.5 Å². The van der Waals surface area contributed by atoms with Crippen LogP contribution >= 0.6 is 15.9 Å². The lowest BCUT2D eigenvalue weighted by Crippen LogP contribution is -2.42. The van der Waals surface area contributed by atoms with Gasteiger partial charge in [0, 0.05) is 30.7 Å². The minimum absolute atomic E-state index is 0.125. The Hall–Kier alpha value is -3.41. The van der Waals surface area contributed by atoms with Gasteiger partial charge >= 0.3 is 11.9 Å². The highest BCUT2D eigenvalue weighted by Crippen LogP contribution is 2.37. The fraction of sp³-hybridized carbons (Fsp3) is 0.435. The average Bonchev–Trinajstić information content (AvgIpc) is 3.18. The molecule has 188 valence electrons. The third-order valence-corrected chi connectivity index (χ3v) is 6.06. The Morgan fingerprint density at radius 1 is 1.20 bits per heavy atom. The second kappa shape index (κ2) is 11.3. The molecule has 0 saturated heterocycles. The third kappa shape index (κ3) is 5.81. The van der Waals surface area contributed by atoms with E-state index in [4.69, 9.17) is 19.9 Å². The summed E-state index contributed by atoms with van der Waals surface area (Å²) in [7, 11) is 3.10. The van der Waals surface area contributed by atoms with Crippen LogP contribution in [0.2, 0.25) is 0 Å². The molecule has 0 fully saturated rings. The number of unbranched alkanes of at least 4 members (excludes halogenated alkanes) is 1. The molecule has 0 amide bonds. The van der Waals surface area contributed by atoms with Crippen LogP contribution in [0.1, 0.15) is 44.0 Å². The van der Waals surface area contributed by atoms with Gasteiger partial charge in [-0.3, -0.25) is 14.2 Å². The maximum atomic E-state index is 12.3. The van der Waals surface area contributed by atoms with E-state index in [1.165, 1.54) is 13.3 Å². The molecule has 3 rings (SSSR count). The number of hydrogen-bond donors (Lipinski definition) is 2. The Kier molecular flexibility index (Phi) is 8.49. The van der Waals surface area contributed by atoms with E-state index < -0.39 is 24.1 Å². The smallest absolute Gasteiger partial charge is 0.309 e. The highest BCUT2D eigenvalue weighted by atomic mass is 79.9. The van der Waals surface area contributed by atoms with Crippen LogP contribution in [-0.4, -0.2) is 56.1 Å². The Bertz CT molecular complexity index is 1200. The topological polar surface area (TPSA) is 152 Å². The molecule has 2 heterocycles. The number of rotatable bonds is 12. The number of aliphatic carboxylic acids is 1. The number of imidazole rings is 1. The Morgan fingerprint density at radius 3 is 2.60 bits per heavy atom. The second-order valence-corrected chi connectivity index (χ2v) is 8.70. The number of carbonyl (C=O) groups is 2. The number of esters is 1. The van der Waals surface area contributed by atoms with E-state index >= 15 is 0 Å². The number of aromatic nitrogens is 4. The number of nitrogen functional groups attached to an aromatic ring is 1. The van der Waals surface area contributed by atoms with Crippen LogP contribution < -0.4 is 15.2 Å². The van der Waals surface area contributed by atoms with Gasteiger partial charge in [-0.15, -0.1) is 0 Å². The van der Waals surface area contributed by atoms with Crippen molar-refractivity contribution in [1.82, 2.24) is 19.5 Å². The molecule has 1 aromatic carbocycles. The van der Waals surface area contributed by atoms with Gasteiger partial charge in [0.2, 0.25) is 5.72 Å². The quantitative estimate of drug-likeness (QED) is 0.195. The fourth-order valence-corrected chi connectivity index (χ4v) is 4.50. The van der Waals surface area contributed by atoms with E-state index in [9.17, 15) is 14.7 Å². The third-order valence-electron chi connectivity index (χ3n) is 5.50. The summed E-state index contributed by atoms with van der Waals surface area (Å²) in [5, 5.41) is 10.6. The number of methoxy groups -OCH3 is 2. The standard InChI is InChI=1S/C23H28BrN5O6/c1-14(30)35-23(12-19(31)32,8-4-5-9-24)29-18(28-20-21(25)26-13-27-22(20)29)11-15-10-16(33-2)6-7-17(15)34-3/h6-7,10,13H,4-5,8-9,11-12H2,1-3H3,(H,31,32)(H2,25,26,27). The lowest BCUT2D eigenvalue weighted by Gasteiger charge is -2.35. The lowest BCUT2D eigenvalue weighted by atomic mass is 10.00. The van der Waals surface area contributed by atoms with Gasteiger partial charge in [-0.2, -0.15) is 0 Å². The first kappa shape index (κ1) is 26.2. The zero-order chi connectivity index (χ0) is 25.6. The van der Waals surface area contributed by atoms with Crippen molar-refractivity contribution in [3.63, 3.8) is 0 Å². The predicted octanol–water partition coefficient (Wildman–Crippen LogP) is 3.27. The number of fused-ring (bicyclic) bond motifs is 1. The fourth-order valence-electron chi connectivity index (χ4n) is 4.10. The number of ether oxygens (including phenoxy) is 3. The molecule has 0 spiro atoms. The molecule has 11 nitrogen and oxygen atoms in total. The van der Waals surface area contributed by atoms with Crippen molar-refractivity contribution in [1.29, 1.82) is 0 Å². The molecule has 1 unspecified atom stereocenters. The van der Waals surface area contributed by atoms with Crippen LogP contribution in [0, 0.1) is 0 Å². The van der Waals surface area contributed by atoms with Crippen LogP contribution in [0.4, 0.5) is 5.82 Å². The van der Waals surface area contributed by atoms with Gasteiger partial charge in [0.25, 0.3) is 0 Å². The number of hydrogen-bond acceptors (Lipinski definition) is 9. The zero-order valence-electron chi connectivity index (χ0n) is 19.8. The van der Waals surface area contributed by atoms with E-state index in [1.54, 1.807) is 37.0 Å². The molecule has 1 atom stereocenters. The summed E-state index contributed by atoms with van der Waals surface area (Å²) in [5.41, 5.74) is 5.79. The maximum absolute atomic E-state index is 12.3. The molecule has 12 heteroatoms. The van der Waals surface area contributed by atoms with Crippen LogP contribution in [0.15, 0.2) is 24.5 Å². The maximum Gasteiger partial charge on any atom is 0.309 e. The SMILES string of the molecule is COc1ccc(OC)c(Cc2nc3c(N)ncnc3n2C(CCCCBr)(CC(=O)O)OC(C)=O)c1. The van der Waals surface area contributed by atoms with Crippen molar-refractivity contribution in [2.75, 3.05) is 25.3 Å².